The van der Waals surface area contributed by atoms with E-state index in [4.69, 9.17) is 11.6 Å². The number of rotatable bonds is 5. The summed E-state index contributed by atoms with van der Waals surface area (Å²) in [6.45, 7) is 1.70. The van der Waals surface area contributed by atoms with E-state index in [9.17, 15) is 18.8 Å². The summed E-state index contributed by atoms with van der Waals surface area (Å²) in [4.78, 5) is 43.7. The minimum atomic E-state index is -0.532. The number of likely N-dealkylation sites (tertiary alicyclic amines) is 1. The molecule has 0 bridgehead atoms. The second kappa shape index (κ2) is 8.84. The summed E-state index contributed by atoms with van der Waals surface area (Å²) < 4.78 is 16.8. The number of hydrogen-bond acceptors (Lipinski definition) is 5. The van der Waals surface area contributed by atoms with Crippen molar-refractivity contribution in [3.63, 3.8) is 0 Å². The van der Waals surface area contributed by atoms with Crippen LogP contribution in [0.1, 0.15) is 34.9 Å². The maximum absolute atomic E-state index is 14.6. The van der Waals surface area contributed by atoms with Crippen molar-refractivity contribution in [3.05, 3.63) is 73.3 Å². The number of halogens is 2. The lowest BCUT2D eigenvalue weighted by molar-refractivity contribution is 0.0932. The molecule has 1 aromatic carbocycles. The Morgan fingerprint density at radius 3 is 2.56 bits per heavy atom. The van der Waals surface area contributed by atoms with Crippen molar-refractivity contribution in [3.8, 4) is 0 Å². The highest BCUT2D eigenvalue weighted by Gasteiger charge is 2.28. The van der Waals surface area contributed by atoms with Gasteiger partial charge in [-0.05, 0) is 50.2 Å². The number of benzene rings is 1. The van der Waals surface area contributed by atoms with E-state index < -0.39 is 29.0 Å². The molecule has 1 N–H and O–H groups in total. The van der Waals surface area contributed by atoms with Gasteiger partial charge in [-0.3, -0.25) is 23.6 Å². The maximum atomic E-state index is 14.6. The average Bonchev–Trinajstić information content (AvgIpc) is 3.32. The van der Waals surface area contributed by atoms with Gasteiger partial charge in [-0.25, -0.2) is 14.2 Å². The minimum Gasteiger partial charge on any atom is -0.349 e. The molecule has 1 saturated heterocycles. The van der Waals surface area contributed by atoms with Crippen molar-refractivity contribution >= 4 is 28.5 Å². The van der Waals surface area contributed by atoms with E-state index in [1.165, 1.54) is 36.9 Å². The molecule has 32 heavy (non-hydrogen) atoms. The van der Waals surface area contributed by atoms with Crippen LogP contribution in [0.3, 0.4) is 0 Å². The third-order valence-electron chi connectivity index (χ3n) is 5.90. The molecule has 1 amide bonds. The SMILES string of the molecule is Cn1c(=O)c2ccc(C(=O)NC[C@@H](c3c(F)cccc3Cl)N3CCCC3)nc2n(C)c1=O. The highest BCUT2D eigenvalue weighted by atomic mass is 35.5. The Hall–Kier alpha value is -3.04. The molecule has 8 nitrogen and oxygen atoms in total. The van der Waals surface area contributed by atoms with E-state index in [0.717, 1.165) is 30.5 Å². The molecular formula is C22H23ClFN5O3. The number of pyridine rings is 1. The zero-order valence-corrected chi connectivity index (χ0v) is 18.5. The first kappa shape index (κ1) is 22.2. The monoisotopic (exact) mass is 459 g/mol. The fourth-order valence-corrected chi connectivity index (χ4v) is 4.45. The predicted molar refractivity (Wildman–Crippen MR) is 120 cm³/mol. The molecule has 0 aliphatic carbocycles. The summed E-state index contributed by atoms with van der Waals surface area (Å²) >= 11 is 6.30. The molecule has 10 heteroatoms. The highest BCUT2D eigenvalue weighted by molar-refractivity contribution is 6.31. The molecule has 0 saturated carbocycles. The van der Waals surface area contributed by atoms with Crippen LogP contribution in [0.25, 0.3) is 11.0 Å². The number of carbonyl (C=O) groups excluding carboxylic acids is 1. The fraction of sp³-hybridized carbons (Fsp3) is 0.364. The Kier molecular flexibility index (Phi) is 6.12. The highest BCUT2D eigenvalue weighted by Crippen LogP contribution is 2.32. The topological polar surface area (TPSA) is 89.2 Å². The van der Waals surface area contributed by atoms with Crippen LogP contribution in [-0.2, 0) is 14.1 Å². The van der Waals surface area contributed by atoms with Crippen LogP contribution < -0.4 is 16.6 Å². The first-order valence-electron chi connectivity index (χ1n) is 10.3. The number of nitrogens with zero attached hydrogens (tertiary/aromatic N) is 4. The van der Waals surface area contributed by atoms with Gasteiger partial charge in [-0.2, -0.15) is 0 Å². The number of aromatic nitrogens is 3. The molecule has 0 spiro atoms. The third kappa shape index (κ3) is 3.93. The molecule has 3 heterocycles. The van der Waals surface area contributed by atoms with E-state index in [2.05, 4.69) is 15.2 Å². The Bertz CT molecular complexity index is 1290. The third-order valence-corrected chi connectivity index (χ3v) is 6.23. The van der Waals surface area contributed by atoms with E-state index in [0.29, 0.717) is 10.6 Å². The van der Waals surface area contributed by atoms with Crippen LogP contribution in [-0.4, -0.2) is 44.6 Å². The molecule has 3 aromatic rings. The largest absolute Gasteiger partial charge is 0.349 e. The lowest BCUT2D eigenvalue weighted by Gasteiger charge is -2.29. The second-order valence-corrected chi connectivity index (χ2v) is 8.28. The molecule has 1 atom stereocenters. The van der Waals surface area contributed by atoms with Gasteiger partial charge in [-0.1, -0.05) is 17.7 Å². The van der Waals surface area contributed by atoms with E-state index in [1.807, 2.05) is 0 Å². The van der Waals surface area contributed by atoms with Crippen LogP contribution in [0.4, 0.5) is 4.39 Å². The van der Waals surface area contributed by atoms with Gasteiger partial charge in [0.05, 0.1) is 11.4 Å². The molecule has 0 radical (unpaired) electrons. The number of carbonyl (C=O) groups is 1. The summed E-state index contributed by atoms with van der Waals surface area (Å²) in [5.74, 6) is -0.907. The summed E-state index contributed by atoms with van der Waals surface area (Å²) in [6.07, 6.45) is 1.98. The van der Waals surface area contributed by atoms with Crippen molar-refractivity contribution in [2.75, 3.05) is 19.6 Å². The van der Waals surface area contributed by atoms with Crippen molar-refractivity contribution < 1.29 is 9.18 Å². The molecule has 1 fully saturated rings. The van der Waals surface area contributed by atoms with Crippen molar-refractivity contribution in [1.82, 2.24) is 24.3 Å². The Morgan fingerprint density at radius 2 is 1.88 bits per heavy atom. The summed E-state index contributed by atoms with van der Waals surface area (Å²) in [5, 5.41) is 3.36. The van der Waals surface area contributed by atoms with Crippen LogP contribution in [0.2, 0.25) is 5.02 Å². The Morgan fingerprint density at radius 1 is 1.16 bits per heavy atom. The summed E-state index contributed by atoms with van der Waals surface area (Å²) in [7, 11) is 2.87. The van der Waals surface area contributed by atoms with Crippen LogP contribution in [0, 0.1) is 5.82 Å². The van der Waals surface area contributed by atoms with Gasteiger partial charge in [0.25, 0.3) is 11.5 Å². The number of aryl methyl sites for hydroxylation is 1. The smallest absolute Gasteiger partial charge is 0.332 e. The van der Waals surface area contributed by atoms with Gasteiger partial charge in [-0.15, -0.1) is 0 Å². The van der Waals surface area contributed by atoms with Gasteiger partial charge < -0.3 is 5.32 Å². The zero-order chi connectivity index (χ0) is 23.0. The lowest BCUT2D eigenvalue weighted by atomic mass is 10.0. The number of hydrogen-bond donors (Lipinski definition) is 1. The van der Waals surface area contributed by atoms with Gasteiger partial charge in [0.2, 0.25) is 0 Å². The first-order valence-corrected chi connectivity index (χ1v) is 10.7. The van der Waals surface area contributed by atoms with E-state index in [-0.39, 0.29) is 23.3 Å². The summed E-state index contributed by atoms with van der Waals surface area (Å²) in [6, 6.07) is 7.03. The Balaban J connectivity index is 1.63. The normalized spacial score (nSPS) is 15.2. The molecular weight excluding hydrogens is 437 g/mol. The molecule has 0 unspecified atom stereocenters. The van der Waals surface area contributed by atoms with Gasteiger partial charge in [0.15, 0.2) is 0 Å². The average molecular weight is 460 g/mol. The summed E-state index contributed by atoms with van der Waals surface area (Å²) in [5.41, 5.74) is -0.477. The molecule has 4 rings (SSSR count). The zero-order valence-electron chi connectivity index (χ0n) is 17.8. The van der Waals surface area contributed by atoms with Crippen molar-refractivity contribution in [2.24, 2.45) is 14.1 Å². The van der Waals surface area contributed by atoms with E-state index in [1.54, 1.807) is 12.1 Å². The van der Waals surface area contributed by atoms with Crippen molar-refractivity contribution in [2.45, 2.75) is 18.9 Å². The second-order valence-electron chi connectivity index (χ2n) is 7.88. The van der Waals surface area contributed by atoms with E-state index >= 15 is 0 Å². The lowest BCUT2D eigenvalue weighted by Crippen LogP contribution is -2.39. The quantitative estimate of drug-likeness (QED) is 0.630. The van der Waals surface area contributed by atoms with Gasteiger partial charge in [0.1, 0.15) is 17.2 Å². The Labute approximate surface area is 188 Å². The van der Waals surface area contributed by atoms with Crippen molar-refractivity contribution in [1.29, 1.82) is 0 Å². The molecule has 1 aliphatic heterocycles. The van der Waals surface area contributed by atoms with Gasteiger partial charge in [0, 0.05) is 31.2 Å². The maximum Gasteiger partial charge on any atom is 0.332 e. The number of fused-ring (bicyclic) bond motifs is 1. The standard InChI is InChI=1S/C22H23ClFN5O3/c1-27-19-13(21(31)28(2)22(27)32)8-9-16(26-19)20(30)25-12-17(29-10-3-4-11-29)18-14(23)6-5-7-15(18)24/h5-9,17H,3-4,10-12H2,1-2H3,(H,25,30)/t17-/m0/s1. The number of nitrogens with one attached hydrogen (secondary N) is 1. The van der Waals surface area contributed by atoms with Gasteiger partial charge >= 0.3 is 5.69 Å². The van der Waals surface area contributed by atoms with Crippen LogP contribution in [0.15, 0.2) is 39.9 Å². The van der Waals surface area contributed by atoms with Crippen LogP contribution >= 0.6 is 11.6 Å². The predicted octanol–water partition coefficient (Wildman–Crippen LogP) is 1.99. The van der Waals surface area contributed by atoms with Crippen LogP contribution in [0.5, 0.6) is 0 Å². The number of amides is 1. The minimum absolute atomic E-state index is 0.0561. The molecule has 1 aliphatic rings. The first-order chi connectivity index (χ1) is 15.3. The molecule has 168 valence electrons. The fourth-order valence-electron chi connectivity index (χ4n) is 4.16. The molecule has 2 aromatic heterocycles.